The number of aliphatic hydroxyl groups is 2. The van der Waals surface area contributed by atoms with Crippen LogP contribution >= 0.6 is 0 Å². The van der Waals surface area contributed by atoms with Gasteiger partial charge >= 0.3 is 0 Å². The van der Waals surface area contributed by atoms with Gasteiger partial charge in [-0.1, -0.05) is 81.4 Å². The van der Waals surface area contributed by atoms with E-state index in [0.717, 1.165) is 10.4 Å². The van der Waals surface area contributed by atoms with Crippen molar-refractivity contribution in [1.29, 1.82) is 0 Å². The molecule has 0 bridgehead atoms. The Hall–Kier alpha value is -2.14. The molecule has 2 aromatic carbocycles. The van der Waals surface area contributed by atoms with Crippen LogP contribution in [0.2, 0.25) is 5.04 Å². The summed E-state index contributed by atoms with van der Waals surface area (Å²) in [5.41, 5.74) is -2.12. The number of hydrogen-bond acceptors (Lipinski definition) is 7. The molecule has 2 atom stereocenters. The summed E-state index contributed by atoms with van der Waals surface area (Å²) in [6.07, 6.45) is -2.08. The second-order valence-corrected chi connectivity index (χ2v) is 14.6. The van der Waals surface area contributed by atoms with Crippen LogP contribution in [0.3, 0.4) is 0 Å². The lowest BCUT2D eigenvalue weighted by Gasteiger charge is -2.43. The molecule has 9 heteroatoms. The van der Waals surface area contributed by atoms with Gasteiger partial charge in [0.05, 0.1) is 6.61 Å². The first-order chi connectivity index (χ1) is 15.9. The third kappa shape index (κ3) is 4.68. The molecule has 0 spiro atoms. The lowest BCUT2D eigenvalue weighted by atomic mass is 9.91. The molecule has 0 unspecified atom stereocenters. The van der Waals surface area contributed by atoms with Gasteiger partial charge in [0.25, 0.3) is 13.9 Å². The maximum atomic E-state index is 11.9. The maximum Gasteiger partial charge on any atom is 0.295 e. The van der Waals surface area contributed by atoms with Crippen LogP contribution in [0.5, 0.6) is 0 Å². The first-order valence-electron chi connectivity index (χ1n) is 11.4. The van der Waals surface area contributed by atoms with Gasteiger partial charge in [-0.05, 0) is 29.3 Å². The van der Waals surface area contributed by atoms with Crippen LogP contribution in [0.15, 0.2) is 60.7 Å². The number of hydrogen-bond donors (Lipinski definition) is 2. The number of benzene rings is 2. The van der Waals surface area contributed by atoms with Gasteiger partial charge in [-0.2, -0.15) is 0 Å². The summed E-state index contributed by atoms with van der Waals surface area (Å²) in [6.45, 7) is 7.93. The van der Waals surface area contributed by atoms with Crippen molar-refractivity contribution in [3.05, 3.63) is 70.8 Å². The monoisotopic (exact) mass is 489 g/mol. The zero-order valence-electron chi connectivity index (χ0n) is 20.4. The predicted octanol–water partition coefficient (Wildman–Crippen LogP) is 2.08. The molecule has 2 N–H and O–H groups in total. The molecule has 186 valence electrons. The van der Waals surface area contributed by atoms with Gasteiger partial charge in [0.2, 0.25) is 0 Å². The highest BCUT2D eigenvalue weighted by Crippen LogP contribution is 2.40. The van der Waals surface area contributed by atoms with Gasteiger partial charge < -0.3 is 24.1 Å². The van der Waals surface area contributed by atoms with E-state index in [-0.39, 0.29) is 11.6 Å². The van der Waals surface area contributed by atoms with Crippen molar-refractivity contribution < 1.29 is 29.0 Å². The highest BCUT2D eigenvalue weighted by atomic mass is 28.4. The van der Waals surface area contributed by atoms with Gasteiger partial charge in [-0.3, -0.25) is 10.1 Å². The lowest BCUT2D eigenvalue weighted by molar-refractivity contribution is -0.591. The first-order valence-corrected chi connectivity index (χ1v) is 13.3. The summed E-state index contributed by atoms with van der Waals surface area (Å²) in [4.78, 5) is 11.3. The molecule has 0 amide bonds. The van der Waals surface area contributed by atoms with Crippen molar-refractivity contribution in [2.75, 3.05) is 19.8 Å². The molecule has 0 aromatic heterocycles. The van der Waals surface area contributed by atoms with Crippen LogP contribution in [0, 0.1) is 10.1 Å². The van der Waals surface area contributed by atoms with Crippen LogP contribution in [0.4, 0.5) is 0 Å². The quantitative estimate of drug-likeness (QED) is 0.315. The van der Waals surface area contributed by atoms with Crippen LogP contribution in [-0.2, 0) is 13.9 Å². The van der Waals surface area contributed by atoms with Crippen molar-refractivity contribution in [2.24, 2.45) is 0 Å². The SMILES string of the molecule is CC1(C)O[C@@H](C(CO)(CO)[N+](=O)[O-])[C@@H](CO[Si](c2ccccc2)(c2ccccc2)C(C)(C)C)O1. The molecule has 1 heterocycles. The van der Waals surface area contributed by atoms with Crippen molar-refractivity contribution >= 4 is 18.7 Å². The molecule has 0 aliphatic carbocycles. The fourth-order valence-electron chi connectivity index (χ4n) is 4.83. The largest absolute Gasteiger partial charge is 0.405 e. The Bertz CT molecular complexity index is 919. The second kappa shape index (κ2) is 9.85. The van der Waals surface area contributed by atoms with Crippen molar-refractivity contribution in [3.8, 4) is 0 Å². The first kappa shape index (κ1) is 26.5. The Morgan fingerprint density at radius 3 is 1.82 bits per heavy atom. The average molecular weight is 490 g/mol. The molecule has 2 aromatic rings. The zero-order valence-corrected chi connectivity index (χ0v) is 21.4. The van der Waals surface area contributed by atoms with Crippen LogP contribution < -0.4 is 10.4 Å². The lowest BCUT2D eigenvalue weighted by Crippen LogP contribution is -2.68. The highest BCUT2D eigenvalue weighted by Gasteiger charge is 2.61. The summed E-state index contributed by atoms with van der Waals surface area (Å²) >= 11 is 0. The number of rotatable bonds is 9. The van der Waals surface area contributed by atoms with E-state index in [1.165, 1.54) is 0 Å². The summed E-state index contributed by atoms with van der Waals surface area (Å²) in [7, 11) is -2.93. The molecule has 34 heavy (non-hydrogen) atoms. The molecule has 1 saturated heterocycles. The van der Waals surface area contributed by atoms with Gasteiger partial charge in [0.1, 0.15) is 19.3 Å². The van der Waals surface area contributed by atoms with Gasteiger partial charge in [0.15, 0.2) is 11.9 Å². The van der Waals surface area contributed by atoms with E-state index in [0.29, 0.717) is 0 Å². The maximum absolute atomic E-state index is 11.9. The Morgan fingerprint density at radius 2 is 1.44 bits per heavy atom. The third-order valence-electron chi connectivity index (χ3n) is 6.51. The summed E-state index contributed by atoms with van der Waals surface area (Å²) in [5, 5.41) is 33.7. The second-order valence-electron chi connectivity index (χ2n) is 10.2. The Balaban J connectivity index is 2.08. The van der Waals surface area contributed by atoms with E-state index in [9.17, 15) is 20.3 Å². The average Bonchev–Trinajstić information content (AvgIpc) is 3.10. The van der Waals surface area contributed by atoms with E-state index in [2.05, 4.69) is 45.0 Å². The number of aliphatic hydroxyl groups excluding tert-OH is 2. The Morgan fingerprint density at radius 1 is 0.971 bits per heavy atom. The molecule has 1 fully saturated rings. The standard InChI is InChI=1S/C25H35NO7Si/c1-23(2,3)34(19-12-8-6-9-13-19,20-14-10-7-11-15-20)31-16-21-22(33-24(4,5)32-21)25(17-27,18-28)26(29)30/h6-15,21-22,27-28H,16-18H2,1-5H3/t21-,22-/m1/s1. The summed E-state index contributed by atoms with van der Waals surface area (Å²) in [6, 6.07) is 20.0. The fourth-order valence-corrected chi connectivity index (χ4v) is 9.40. The van der Waals surface area contributed by atoms with Crippen LogP contribution in [-0.4, -0.2) is 66.8 Å². The number of ether oxygens (including phenoxy) is 2. The van der Waals surface area contributed by atoms with Crippen LogP contribution in [0.1, 0.15) is 34.6 Å². The minimum Gasteiger partial charge on any atom is -0.405 e. The Labute approximate surface area is 201 Å². The van der Waals surface area contributed by atoms with Crippen molar-refractivity contribution in [1.82, 2.24) is 0 Å². The molecular weight excluding hydrogens is 454 g/mol. The van der Waals surface area contributed by atoms with Crippen LogP contribution in [0.25, 0.3) is 0 Å². The molecule has 0 radical (unpaired) electrons. The normalized spacial score (nSPS) is 20.9. The minimum absolute atomic E-state index is 0.00301. The Kier molecular flexibility index (Phi) is 7.66. The number of nitrogens with zero attached hydrogens (tertiary/aromatic N) is 1. The highest BCUT2D eigenvalue weighted by molar-refractivity contribution is 6.99. The number of nitro groups is 1. The molecule has 1 aliphatic heterocycles. The van der Waals surface area contributed by atoms with Gasteiger partial charge in [0, 0.05) is 4.92 Å². The molecule has 0 saturated carbocycles. The molecule has 3 rings (SSSR count). The summed E-state index contributed by atoms with van der Waals surface area (Å²) < 4.78 is 18.8. The van der Waals surface area contributed by atoms with E-state index in [1.54, 1.807) is 13.8 Å². The zero-order chi connectivity index (χ0) is 25.2. The molecule has 1 aliphatic rings. The summed E-state index contributed by atoms with van der Waals surface area (Å²) in [5.74, 6) is -1.14. The third-order valence-corrected chi connectivity index (χ3v) is 11.5. The minimum atomic E-state index is -2.93. The fraction of sp³-hybridized carbons (Fsp3) is 0.520. The van der Waals surface area contributed by atoms with E-state index >= 15 is 0 Å². The van der Waals surface area contributed by atoms with E-state index < -0.39 is 50.0 Å². The molecular formula is C25H35NO7Si. The van der Waals surface area contributed by atoms with E-state index in [4.69, 9.17) is 13.9 Å². The smallest absolute Gasteiger partial charge is 0.295 e. The van der Waals surface area contributed by atoms with Gasteiger partial charge in [-0.15, -0.1) is 0 Å². The topological polar surface area (TPSA) is 111 Å². The predicted molar refractivity (Wildman–Crippen MR) is 131 cm³/mol. The van der Waals surface area contributed by atoms with Crippen molar-refractivity contribution in [2.45, 2.75) is 63.2 Å². The molecule has 8 nitrogen and oxygen atoms in total. The van der Waals surface area contributed by atoms with Gasteiger partial charge in [-0.25, -0.2) is 0 Å². The van der Waals surface area contributed by atoms with Crippen molar-refractivity contribution in [3.63, 3.8) is 0 Å². The van der Waals surface area contributed by atoms with E-state index in [1.807, 2.05) is 36.4 Å².